The van der Waals surface area contributed by atoms with Crippen molar-refractivity contribution in [1.82, 2.24) is 14.9 Å². The Labute approximate surface area is 98.4 Å². The Balaban J connectivity index is 1.85. The molecule has 1 N–H and O–H groups in total. The molecule has 2 aromatic rings. The maximum atomic E-state index is 5.16. The van der Waals surface area contributed by atoms with Gasteiger partial charge in [-0.1, -0.05) is 16.6 Å². The van der Waals surface area contributed by atoms with Gasteiger partial charge in [0.05, 0.1) is 12.8 Å². The van der Waals surface area contributed by atoms with Crippen LogP contribution in [0.2, 0.25) is 0 Å². The Bertz CT molecular complexity index is 431. The SMILES string of the molecule is COc1cccc(CNCc2csnn2)c1. The van der Waals surface area contributed by atoms with E-state index in [1.165, 1.54) is 17.1 Å². The first kappa shape index (κ1) is 11.0. The van der Waals surface area contributed by atoms with Crippen LogP contribution in [0.15, 0.2) is 29.6 Å². The Hall–Kier alpha value is -1.46. The number of ether oxygens (including phenoxy) is 1. The van der Waals surface area contributed by atoms with E-state index in [1.54, 1.807) is 7.11 Å². The normalized spacial score (nSPS) is 10.3. The summed E-state index contributed by atoms with van der Waals surface area (Å²) in [5, 5.41) is 9.21. The summed E-state index contributed by atoms with van der Waals surface area (Å²) in [5.74, 6) is 0.884. The van der Waals surface area contributed by atoms with E-state index in [4.69, 9.17) is 4.74 Å². The van der Waals surface area contributed by atoms with Crippen LogP contribution >= 0.6 is 11.5 Å². The zero-order valence-electron chi connectivity index (χ0n) is 9.01. The van der Waals surface area contributed by atoms with Gasteiger partial charge >= 0.3 is 0 Å². The first-order valence-electron chi connectivity index (χ1n) is 4.98. The molecule has 4 nitrogen and oxygen atoms in total. The standard InChI is InChI=1S/C11H13N3OS/c1-15-11-4-2-3-9(5-11)6-12-7-10-8-16-14-13-10/h2-5,8,12H,6-7H2,1H3. The average molecular weight is 235 g/mol. The van der Waals surface area contributed by atoms with E-state index in [2.05, 4.69) is 21.0 Å². The minimum Gasteiger partial charge on any atom is -0.497 e. The lowest BCUT2D eigenvalue weighted by molar-refractivity contribution is 0.414. The Morgan fingerprint density at radius 2 is 2.31 bits per heavy atom. The molecule has 0 amide bonds. The molecule has 0 bridgehead atoms. The first-order valence-corrected chi connectivity index (χ1v) is 5.82. The van der Waals surface area contributed by atoms with E-state index < -0.39 is 0 Å². The number of hydrogen-bond acceptors (Lipinski definition) is 5. The highest BCUT2D eigenvalue weighted by atomic mass is 32.1. The molecule has 0 atom stereocenters. The number of methoxy groups -OCH3 is 1. The van der Waals surface area contributed by atoms with E-state index in [-0.39, 0.29) is 0 Å². The highest BCUT2D eigenvalue weighted by molar-refractivity contribution is 7.03. The summed E-state index contributed by atoms with van der Waals surface area (Å²) in [5.41, 5.74) is 2.18. The summed E-state index contributed by atoms with van der Waals surface area (Å²) in [6.07, 6.45) is 0. The molecule has 0 fully saturated rings. The largest absolute Gasteiger partial charge is 0.497 e. The summed E-state index contributed by atoms with van der Waals surface area (Å²) >= 11 is 1.37. The third-order valence-electron chi connectivity index (χ3n) is 2.17. The van der Waals surface area contributed by atoms with Gasteiger partial charge in [0, 0.05) is 18.5 Å². The molecule has 5 heteroatoms. The predicted octanol–water partition coefficient (Wildman–Crippen LogP) is 1.84. The van der Waals surface area contributed by atoms with E-state index in [9.17, 15) is 0 Å². The number of nitrogens with zero attached hydrogens (tertiary/aromatic N) is 2. The van der Waals surface area contributed by atoms with E-state index >= 15 is 0 Å². The minimum atomic E-state index is 0.744. The van der Waals surface area contributed by atoms with Crippen LogP contribution in [-0.2, 0) is 13.1 Å². The van der Waals surface area contributed by atoms with Crippen LogP contribution in [0.3, 0.4) is 0 Å². The molecule has 1 aromatic heterocycles. The van der Waals surface area contributed by atoms with Gasteiger partial charge in [0.2, 0.25) is 0 Å². The zero-order chi connectivity index (χ0) is 11.2. The fourth-order valence-electron chi connectivity index (χ4n) is 1.38. The van der Waals surface area contributed by atoms with Crippen molar-refractivity contribution in [3.05, 3.63) is 40.9 Å². The molecular formula is C11H13N3OS. The first-order chi connectivity index (χ1) is 7.88. The highest BCUT2D eigenvalue weighted by Gasteiger charge is 1.97. The topological polar surface area (TPSA) is 47.0 Å². The zero-order valence-corrected chi connectivity index (χ0v) is 9.83. The van der Waals surface area contributed by atoms with Gasteiger partial charge in [0.15, 0.2) is 0 Å². The molecule has 0 unspecified atom stereocenters. The van der Waals surface area contributed by atoms with Crippen LogP contribution in [0, 0.1) is 0 Å². The Morgan fingerprint density at radius 1 is 1.38 bits per heavy atom. The molecule has 0 aliphatic carbocycles. The van der Waals surface area contributed by atoms with Crippen molar-refractivity contribution in [2.45, 2.75) is 13.1 Å². The Morgan fingerprint density at radius 3 is 3.06 bits per heavy atom. The van der Waals surface area contributed by atoms with Crippen molar-refractivity contribution in [2.75, 3.05) is 7.11 Å². The van der Waals surface area contributed by atoms with E-state index in [0.717, 1.165) is 24.5 Å². The third kappa shape index (κ3) is 3.01. The van der Waals surface area contributed by atoms with Crippen molar-refractivity contribution in [3.8, 4) is 5.75 Å². The van der Waals surface area contributed by atoms with Gasteiger partial charge in [-0.2, -0.15) is 0 Å². The molecule has 0 aliphatic rings. The van der Waals surface area contributed by atoms with Crippen LogP contribution < -0.4 is 10.1 Å². The second-order valence-electron chi connectivity index (χ2n) is 3.35. The summed E-state index contributed by atoms with van der Waals surface area (Å²) in [6, 6.07) is 8.01. The second-order valence-corrected chi connectivity index (χ2v) is 3.96. The summed E-state index contributed by atoms with van der Waals surface area (Å²) in [6.45, 7) is 1.54. The van der Waals surface area contributed by atoms with Crippen LogP contribution in [0.4, 0.5) is 0 Å². The van der Waals surface area contributed by atoms with Gasteiger partial charge in [0.1, 0.15) is 5.75 Å². The van der Waals surface area contributed by atoms with Crippen molar-refractivity contribution in [2.24, 2.45) is 0 Å². The van der Waals surface area contributed by atoms with Gasteiger partial charge < -0.3 is 10.1 Å². The quantitative estimate of drug-likeness (QED) is 0.859. The monoisotopic (exact) mass is 235 g/mol. The molecule has 0 radical (unpaired) electrons. The smallest absolute Gasteiger partial charge is 0.119 e. The highest BCUT2D eigenvalue weighted by Crippen LogP contribution is 2.12. The summed E-state index contributed by atoms with van der Waals surface area (Å²) < 4.78 is 8.97. The number of aromatic nitrogens is 2. The summed E-state index contributed by atoms with van der Waals surface area (Å²) in [7, 11) is 1.67. The maximum absolute atomic E-state index is 5.16. The fourth-order valence-corrected chi connectivity index (χ4v) is 1.83. The molecule has 0 saturated heterocycles. The van der Waals surface area contributed by atoms with Crippen molar-refractivity contribution in [1.29, 1.82) is 0 Å². The van der Waals surface area contributed by atoms with Gasteiger partial charge in [-0.25, -0.2) is 0 Å². The molecule has 0 aliphatic heterocycles. The number of hydrogen-bond donors (Lipinski definition) is 1. The van der Waals surface area contributed by atoms with Gasteiger partial charge in [-0.15, -0.1) is 5.10 Å². The molecule has 1 heterocycles. The lowest BCUT2D eigenvalue weighted by atomic mass is 10.2. The molecule has 1 aromatic carbocycles. The molecule has 2 rings (SSSR count). The predicted molar refractivity (Wildman–Crippen MR) is 63.4 cm³/mol. The van der Waals surface area contributed by atoms with Crippen LogP contribution in [0.1, 0.15) is 11.3 Å². The molecule has 16 heavy (non-hydrogen) atoms. The number of rotatable bonds is 5. The lowest BCUT2D eigenvalue weighted by Crippen LogP contribution is -2.12. The van der Waals surface area contributed by atoms with Gasteiger partial charge in [-0.05, 0) is 29.2 Å². The van der Waals surface area contributed by atoms with Crippen molar-refractivity contribution in [3.63, 3.8) is 0 Å². The Kier molecular flexibility index (Phi) is 3.85. The molecule has 0 spiro atoms. The number of benzene rings is 1. The molecule has 84 valence electrons. The summed E-state index contributed by atoms with van der Waals surface area (Å²) in [4.78, 5) is 0. The van der Waals surface area contributed by atoms with Crippen LogP contribution in [-0.4, -0.2) is 16.7 Å². The average Bonchev–Trinajstić information content (AvgIpc) is 2.82. The maximum Gasteiger partial charge on any atom is 0.119 e. The van der Waals surface area contributed by atoms with Crippen LogP contribution in [0.5, 0.6) is 5.75 Å². The van der Waals surface area contributed by atoms with Crippen LogP contribution in [0.25, 0.3) is 0 Å². The molecule has 0 saturated carbocycles. The van der Waals surface area contributed by atoms with E-state index in [0.29, 0.717) is 0 Å². The number of nitrogens with one attached hydrogen (secondary N) is 1. The fraction of sp³-hybridized carbons (Fsp3) is 0.273. The van der Waals surface area contributed by atoms with E-state index in [1.807, 2.05) is 23.6 Å². The second kappa shape index (κ2) is 5.58. The molecular weight excluding hydrogens is 222 g/mol. The lowest BCUT2D eigenvalue weighted by Gasteiger charge is -2.05. The van der Waals surface area contributed by atoms with Crippen molar-refractivity contribution < 1.29 is 4.74 Å². The van der Waals surface area contributed by atoms with Gasteiger partial charge in [0.25, 0.3) is 0 Å². The third-order valence-corrected chi connectivity index (χ3v) is 2.73. The van der Waals surface area contributed by atoms with Gasteiger partial charge in [-0.3, -0.25) is 0 Å². The van der Waals surface area contributed by atoms with Crippen molar-refractivity contribution >= 4 is 11.5 Å². The minimum absolute atomic E-state index is 0.744.